The lowest BCUT2D eigenvalue weighted by Gasteiger charge is -2.35. The summed E-state index contributed by atoms with van der Waals surface area (Å²) >= 11 is 1.36. The molecule has 0 spiro atoms. The SMILES string of the molecule is CCn1c(SCC(=O)N2CCN(c3ccc(C(F)(F)F)cc3[N+](=O)[O-])CC2)nc2ccccc21. The fourth-order valence-electron chi connectivity index (χ4n) is 4.00. The Bertz CT molecular complexity index is 1220. The number of halogens is 3. The molecule has 0 radical (unpaired) electrons. The van der Waals surface area contributed by atoms with E-state index in [1.807, 2.05) is 31.2 Å². The second kappa shape index (κ2) is 9.53. The van der Waals surface area contributed by atoms with Gasteiger partial charge in [0.25, 0.3) is 5.69 Å². The number of hydrogen-bond acceptors (Lipinski definition) is 6. The van der Waals surface area contributed by atoms with Crippen LogP contribution in [0.4, 0.5) is 24.5 Å². The van der Waals surface area contributed by atoms with Crippen LogP contribution in [0.1, 0.15) is 12.5 Å². The number of nitro benzene ring substituents is 1. The van der Waals surface area contributed by atoms with Crippen molar-refractivity contribution in [2.24, 2.45) is 0 Å². The highest BCUT2D eigenvalue weighted by atomic mass is 32.2. The van der Waals surface area contributed by atoms with Crippen molar-refractivity contribution >= 4 is 40.1 Å². The summed E-state index contributed by atoms with van der Waals surface area (Å²) < 4.78 is 40.9. The third-order valence-electron chi connectivity index (χ3n) is 5.73. The highest BCUT2D eigenvalue weighted by Gasteiger charge is 2.34. The van der Waals surface area contributed by atoms with Gasteiger partial charge in [-0.1, -0.05) is 23.9 Å². The van der Waals surface area contributed by atoms with Gasteiger partial charge in [-0.3, -0.25) is 14.9 Å². The maximum atomic E-state index is 13.0. The molecule has 180 valence electrons. The molecule has 3 aromatic rings. The van der Waals surface area contributed by atoms with E-state index in [0.29, 0.717) is 19.2 Å². The monoisotopic (exact) mass is 493 g/mol. The number of amides is 1. The van der Waals surface area contributed by atoms with E-state index >= 15 is 0 Å². The zero-order valence-electron chi connectivity index (χ0n) is 18.3. The van der Waals surface area contributed by atoms with E-state index in [4.69, 9.17) is 0 Å². The molecule has 12 heteroatoms. The minimum atomic E-state index is -4.66. The Kier molecular flexibility index (Phi) is 6.69. The third-order valence-corrected chi connectivity index (χ3v) is 6.69. The van der Waals surface area contributed by atoms with Crippen LogP contribution in [0.15, 0.2) is 47.6 Å². The standard InChI is InChI=1S/C22H22F3N5O3S/c1-2-29-17-6-4-3-5-16(17)26-21(29)34-14-20(31)28-11-9-27(10-12-28)18-8-7-15(22(23,24)25)13-19(18)30(32)33/h3-8,13H,2,9-12,14H2,1H3. The van der Waals surface area contributed by atoms with Gasteiger partial charge in [-0.15, -0.1) is 0 Å². The maximum absolute atomic E-state index is 13.0. The van der Waals surface area contributed by atoms with Crippen LogP contribution in [-0.4, -0.2) is 57.2 Å². The molecule has 4 rings (SSSR count). The van der Waals surface area contributed by atoms with E-state index < -0.39 is 22.4 Å². The molecule has 2 heterocycles. The van der Waals surface area contributed by atoms with E-state index in [1.54, 1.807) is 9.80 Å². The molecule has 34 heavy (non-hydrogen) atoms. The molecule has 1 aliphatic heterocycles. The van der Waals surface area contributed by atoms with Crippen molar-refractivity contribution < 1.29 is 22.9 Å². The number of anilines is 1. The summed E-state index contributed by atoms with van der Waals surface area (Å²) in [4.78, 5) is 31.3. The van der Waals surface area contributed by atoms with Crippen LogP contribution in [0.5, 0.6) is 0 Å². The number of benzene rings is 2. The first kappa shape index (κ1) is 23.9. The number of carbonyl (C=O) groups excluding carboxylic acids is 1. The van der Waals surface area contributed by atoms with Crippen LogP contribution >= 0.6 is 11.8 Å². The highest BCUT2D eigenvalue weighted by molar-refractivity contribution is 7.99. The third kappa shape index (κ3) is 4.81. The van der Waals surface area contributed by atoms with Crippen molar-refractivity contribution in [2.75, 3.05) is 36.8 Å². The number of imidazole rings is 1. The van der Waals surface area contributed by atoms with Crippen molar-refractivity contribution in [1.82, 2.24) is 14.5 Å². The maximum Gasteiger partial charge on any atom is 0.416 e. The van der Waals surface area contributed by atoms with Gasteiger partial charge >= 0.3 is 6.18 Å². The molecule has 1 amide bonds. The van der Waals surface area contributed by atoms with Crippen molar-refractivity contribution in [3.8, 4) is 0 Å². The van der Waals surface area contributed by atoms with Crippen molar-refractivity contribution in [2.45, 2.75) is 24.8 Å². The summed E-state index contributed by atoms with van der Waals surface area (Å²) in [6, 6.07) is 10.3. The molecule has 0 atom stereocenters. The van der Waals surface area contributed by atoms with Gasteiger partial charge in [0.2, 0.25) is 5.91 Å². The molecule has 0 unspecified atom stereocenters. The average molecular weight is 494 g/mol. The number of fused-ring (bicyclic) bond motifs is 1. The second-order valence-corrected chi connectivity index (χ2v) is 8.68. The normalized spacial score (nSPS) is 14.6. The van der Waals surface area contributed by atoms with Crippen LogP contribution in [0.3, 0.4) is 0 Å². The first-order valence-electron chi connectivity index (χ1n) is 10.7. The Morgan fingerprint density at radius 2 is 1.85 bits per heavy atom. The quantitative estimate of drug-likeness (QED) is 0.287. The Hall–Kier alpha value is -3.28. The molecule has 0 bridgehead atoms. The van der Waals surface area contributed by atoms with E-state index in [-0.39, 0.29) is 30.4 Å². The smallest absolute Gasteiger partial charge is 0.362 e. The van der Waals surface area contributed by atoms with Gasteiger partial charge < -0.3 is 14.4 Å². The first-order chi connectivity index (χ1) is 16.2. The summed E-state index contributed by atoms with van der Waals surface area (Å²) in [5, 5.41) is 12.1. The Morgan fingerprint density at radius 3 is 2.50 bits per heavy atom. The van der Waals surface area contributed by atoms with E-state index in [9.17, 15) is 28.1 Å². The number of piperazine rings is 1. The molecule has 1 fully saturated rings. The summed E-state index contributed by atoms with van der Waals surface area (Å²) in [7, 11) is 0. The Morgan fingerprint density at radius 1 is 1.15 bits per heavy atom. The summed E-state index contributed by atoms with van der Waals surface area (Å²) in [6.45, 7) is 3.96. The van der Waals surface area contributed by atoms with Crippen LogP contribution < -0.4 is 4.90 Å². The zero-order valence-corrected chi connectivity index (χ0v) is 19.1. The largest absolute Gasteiger partial charge is 0.416 e. The van der Waals surface area contributed by atoms with Gasteiger partial charge in [-0.05, 0) is 31.2 Å². The number of carbonyl (C=O) groups is 1. The number of nitrogens with zero attached hydrogens (tertiary/aromatic N) is 5. The van der Waals surface area contributed by atoms with Gasteiger partial charge in [0.15, 0.2) is 5.16 Å². The lowest BCUT2D eigenvalue weighted by Crippen LogP contribution is -2.49. The molecule has 2 aromatic carbocycles. The number of aromatic nitrogens is 2. The number of alkyl halides is 3. The number of aryl methyl sites for hydroxylation is 1. The second-order valence-electron chi connectivity index (χ2n) is 7.74. The van der Waals surface area contributed by atoms with Crippen molar-refractivity contribution in [1.29, 1.82) is 0 Å². The Balaban J connectivity index is 1.40. The van der Waals surface area contributed by atoms with Crippen LogP contribution in [0.25, 0.3) is 11.0 Å². The number of hydrogen-bond donors (Lipinski definition) is 0. The lowest BCUT2D eigenvalue weighted by atomic mass is 10.1. The van der Waals surface area contributed by atoms with Gasteiger partial charge in [0.05, 0.1) is 27.3 Å². The van der Waals surface area contributed by atoms with Gasteiger partial charge in [0, 0.05) is 38.8 Å². The Labute approximate surface area is 197 Å². The van der Waals surface area contributed by atoms with Crippen LogP contribution in [0, 0.1) is 10.1 Å². The number of thioether (sulfide) groups is 1. The molecule has 8 nitrogen and oxygen atoms in total. The first-order valence-corrected chi connectivity index (χ1v) is 11.6. The minimum Gasteiger partial charge on any atom is -0.362 e. The lowest BCUT2D eigenvalue weighted by molar-refractivity contribution is -0.384. The van der Waals surface area contributed by atoms with Crippen LogP contribution in [-0.2, 0) is 17.5 Å². The van der Waals surface area contributed by atoms with Crippen molar-refractivity contribution in [3.05, 3.63) is 58.1 Å². The fourth-order valence-corrected chi connectivity index (χ4v) is 4.98. The zero-order chi connectivity index (χ0) is 24.5. The van der Waals surface area contributed by atoms with Gasteiger partial charge in [0.1, 0.15) is 5.69 Å². The predicted molar refractivity (Wildman–Crippen MR) is 123 cm³/mol. The summed E-state index contributed by atoms with van der Waals surface area (Å²) in [5.41, 5.74) is 0.337. The van der Waals surface area contributed by atoms with E-state index in [0.717, 1.165) is 34.9 Å². The minimum absolute atomic E-state index is 0.0821. The van der Waals surface area contributed by atoms with E-state index in [1.165, 1.54) is 11.8 Å². The van der Waals surface area contributed by atoms with Gasteiger partial charge in [-0.25, -0.2) is 4.98 Å². The number of rotatable bonds is 6. The summed E-state index contributed by atoms with van der Waals surface area (Å²) in [5.74, 6) is 0.116. The number of nitro groups is 1. The molecule has 1 aliphatic rings. The van der Waals surface area contributed by atoms with E-state index in [2.05, 4.69) is 9.55 Å². The average Bonchev–Trinajstić information content (AvgIpc) is 3.19. The molecular formula is C22H22F3N5O3S. The highest BCUT2D eigenvalue weighted by Crippen LogP contribution is 2.37. The van der Waals surface area contributed by atoms with Crippen molar-refractivity contribution in [3.63, 3.8) is 0 Å². The molecule has 0 aliphatic carbocycles. The molecule has 0 N–H and O–H groups in total. The molecular weight excluding hydrogens is 471 g/mol. The predicted octanol–water partition coefficient (Wildman–Crippen LogP) is 4.42. The molecule has 0 saturated carbocycles. The molecule has 1 saturated heterocycles. The van der Waals surface area contributed by atoms with Crippen LogP contribution in [0.2, 0.25) is 0 Å². The number of para-hydroxylation sites is 2. The topological polar surface area (TPSA) is 84.5 Å². The van der Waals surface area contributed by atoms with Gasteiger partial charge in [-0.2, -0.15) is 13.2 Å². The summed E-state index contributed by atoms with van der Waals surface area (Å²) in [6.07, 6.45) is -4.66. The fraction of sp³-hybridized carbons (Fsp3) is 0.364. The molecule has 1 aromatic heterocycles.